The highest BCUT2D eigenvalue weighted by Crippen LogP contribution is 2.19. The van der Waals surface area contributed by atoms with Crippen LogP contribution in [0, 0.1) is 12.8 Å². The van der Waals surface area contributed by atoms with E-state index in [1.165, 1.54) is 0 Å². The van der Waals surface area contributed by atoms with E-state index in [1.54, 1.807) is 4.90 Å². The normalized spacial score (nSPS) is 17.0. The van der Waals surface area contributed by atoms with Crippen molar-refractivity contribution in [2.45, 2.75) is 26.3 Å². The van der Waals surface area contributed by atoms with Gasteiger partial charge < -0.3 is 10.2 Å². The summed E-state index contributed by atoms with van der Waals surface area (Å²) in [5.41, 5.74) is 2.75. The zero-order valence-electron chi connectivity index (χ0n) is 14.9. The van der Waals surface area contributed by atoms with Crippen molar-refractivity contribution < 1.29 is 9.59 Å². The van der Waals surface area contributed by atoms with Gasteiger partial charge in [0.1, 0.15) is 0 Å². The van der Waals surface area contributed by atoms with Gasteiger partial charge in [-0.05, 0) is 49.6 Å². The van der Waals surface area contributed by atoms with Gasteiger partial charge in [0, 0.05) is 30.2 Å². The van der Waals surface area contributed by atoms with Crippen LogP contribution < -0.4 is 5.32 Å². The van der Waals surface area contributed by atoms with Crippen LogP contribution in [0.3, 0.4) is 0 Å². The molecular formula is C21H23ClN2O2. The molecule has 3 rings (SSSR count). The van der Waals surface area contributed by atoms with E-state index in [4.69, 9.17) is 11.6 Å². The highest BCUT2D eigenvalue weighted by molar-refractivity contribution is 6.30. The zero-order valence-corrected chi connectivity index (χ0v) is 15.6. The monoisotopic (exact) mass is 370 g/mol. The number of nitrogens with one attached hydrogen (secondary N) is 1. The number of hydrogen-bond donors (Lipinski definition) is 1. The number of nitrogens with zero attached hydrogens (tertiary/aromatic N) is 1. The Bertz CT molecular complexity index is 789. The summed E-state index contributed by atoms with van der Waals surface area (Å²) in [6.45, 7) is 3.62. The molecule has 1 saturated heterocycles. The lowest BCUT2D eigenvalue weighted by Gasteiger charge is -2.32. The number of hydrogen-bond acceptors (Lipinski definition) is 2. The van der Waals surface area contributed by atoms with Crippen molar-refractivity contribution in [3.05, 3.63) is 70.2 Å². The van der Waals surface area contributed by atoms with Gasteiger partial charge in [0.15, 0.2) is 0 Å². The van der Waals surface area contributed by atoms with Crippen LogP contribution >= 0.6 is 11.6 Å². The summed E-state index contributed by atoms with van der Waals surface area (Å²) in [5.74, 6) is -0.157. The quantitative estimate of drug-likeness (QED) is 0.889. The van der Waals surface area contributed by atoms with E-state index >= 15 is 0 Å². The minimum absolute atomic E-state index is 0.00157. The molecule has 26 heavy (non-hydrogen) atoms. The molecule has 1 aliphatic heterocycles. The van der Waals surface area contributed by atoms with E-state index in [9.17, 15) is 9.59 Å². The fourth-order valence-electron chi connectivity index (χ4n) is 3.27. The molecule has 0 bridgehead atoms. The summed E-state index contributed by atoms with van der Waals surface area (Å²) in [6, 6.07) is 15.0. The Morgan fingerprint density at radius 1 is 1.19 bits per heavy atom. The molecule has 1 atom stereocenters. The van der Waals surface area contributed by atoms with Crippen molar-refractivity contribution in [2.75, 3.05) is 13.1 Å². The molecular weight excluding hydrogens is 348 g/mol. The second-order valence-corrected chi connectivity index (χ2v) is 7.24. The van der Waals surface area contributed by atoms with Gasteiger partial charge in [-0.25, -0.2) is 0 Å². The Labute approximate surface area is 159 Å². The number of halogens is 1. The first-order valence-electron chi connectivity index (χ1n) is 8.91. The van der Waals surface area contributed by atoms with Gasteiger partial charge in [-0.1, -0.05) is 41.4 Å². The molecule has 1 aliphatic rings. The van der Waals surface area contributed by atoms with Crippen LogP contribution in [-0.4, -0.2) is 29.8 Å². The van der Waals surface area contributed by atoms with Gasteiger partial charge in [0.25, 0.3) is 5.91 Å². The smallest absolute Gasteiger partial charge is 0.253 e. The number of likely N-dealkylation sites (tertiary alicyclic amines) is 1. The Morgan fingerprint density at radius 2 is 1.96 bits per heavy atom. The molecule has 0 aliphatic carbocycles. The summed E-state index contributed by atoms with van der Waals surface area (Å²) in [4.78, 5) is 27.0. The summed E-state index contributed by atoms with van der Waals surface area (Å²) in [5, 5.41) is 3.65. The van der Waals surface area contributed by atoms with Crippen LogP contribution in [0.5, 0.6) is 0 Å². The Balaban J connectivity index is 1.58. The molecule has 0 spiro atoms. The Hall–Kier alpha value is -2.33. The summed E-state index contributed by atoms with van der Waals surface area (Å²) in [6.07, 6.45) is 1.65. The van der Waals surface area contributed by atoms with E-state index in [2.05, 4.69) is 5.32 Å². The van der Waals surface area contributed by atoms with Gasteiger partial charge in [0.05, 0.1) is 5.92 Å². The predicted octanol–water partition coefficient (Wildman–Crippen LogP) is 3.82. The highest BCUT2D eigenvalue weighted by Gasteiger charge is 2.28. The van der Waals surface area contributed by atoms with Gasteiger partial charge in [-0.2, -0.15) is 0 Å². The topological polar surface area (TPSA) is 49.4 Å². The average Bonchev–Trinajstić information content (AvgIpc) is 2.67. The fraction of sp³-hybridized carbons (Fsp3) is 0.333. The second kappa shape index (κ2) is 8.37. The molecule has 1 N–H and O–H groups in total. The van der Waals surface area contributed by atoms with E-state index < -0.39 is 0 Å². The van der Waals surface area contributed by atoms with Crippen molar-refractivity contribution in [1.82, 2.24) is 10.2 Å². The highest BCUT2D eigenvalue weighted by atomic mass is 35.5. The van der Waals surface area contributed by atoms with Crippen molar-refractivity contribution in [3.63, 3.8) is 0 Å². The van der Waals surface area contributed by atoms with Crippen LogP contribution in [0.1, 0.15) is 34.3 Å². The van der Waals surface area contributed by atoms with Gasteiger partial charge in [-0.3, -0.25) is 9.59 Å². The van der Waals surface area contributed by atoms with Crippen molar-refractivity contribution in [1.29, 1.82) is 0 Å². The van der Waals surface area contributed by atoms with Gasteiger partial charge >= 0.3 is 0 Å². The minimum atomic E-state index is -0.162. The van der Waals surface area contributed by atoms with E-state index in [1.807, 2.05) is 55.5 Å². The van der Waals surface area contributed by atoms with Crippen LogP contribution in [0.2, 0.25) is 5.02 Å². The predicted molar refractivity (Wildman–Crippen MR) is 103 cm³/mol. The van der Waals surface area contributed by atoms with Crippen LogP contribution in [0.4, 0.5) is 0 Å². The van der Waals surface area contributed by atoms with Crippen molar-refractivity contribution in [3.8, 4) is 0 Å². The molecule has 2 amide bonds. The molecule has 136 valence electrons. The fourth-order valence-corrected chi connectivity index (χ4v) is 3.40. The van der Waals surface area contributed by atoms with Gasteiger partial charge in [0.2, 0.25) is 5.91 Å². The minimum Gasteiger partial charge on any atom is -0.352 e. The van der Waals surface area contributed by atoms with Gasteiger partial charge in [-0.15, -0.1) is 0 Å². The maximum atomic E-state index is 12.7. The van der Waals surface area contributed by atoms with Crippen LogP contribution in [0.15, 0.2) is 48.5 Å². The van der Waals surface area contributed by atoms with E-state index in [-0.39, 0.29) is 17.7 Å². The summed E-state index contributed by atoms with van der Waals surface area (Å²) in [7, 11) is 0. The molecule has 2 aromatic rings. The first kappa shape index (κ1) is 18.5. The molecule has 5 heteroatoms. The summed E-state index contributed by atoms with van der Waals surface area (Å²) >= 11 is 5.88. The second-order valence-electron chi connectivity index (χ2n) is 6.80. The maximum absolute atomic E-state index is 12.7. The number of carbonyl (C=O) groups excluding carboxylic acids is 2. The largest absolute Gasteiger partial charge is 0.352 e. The third-order valence-corrected chi connectivity index (χ3v) is 4.98. The molecule has 1 heterocycles. The number of benzene rings is 2. The van der Waals surface area contributed by atoms with Crippen LogP contribution in [-0.2, 0) is 11.3 Å². The molecule has 0 saturated carbocycles. The number of carbonyl (C=O) groups is 2. The SMILES string of the molecule is Cc1cccc(C(=O)N2CCC[C@H](C(=O)NCc3ccc(Cl)cc3)C2)c1. The number of piperidine rings is 1. The lowest BCUT2D eigenvalue weighted by atomic mass is 9.96. The molecule has 1 fully saturated rings. The third-order valence-electron chi connectivity index (χ3n) is 4.72. The standard InChI is InChI=1S/C21H23ClN2O2/c1-15-4-2-5-17(12-15)21(26)24-11-3-6-18(14-24)20(25)23-13-16-7-9-19(22)10-8-16/h2,4-5,7-10,12,18H,3,6,11,13-14H2,1H3,(H,23,25)/t18-/m0/s1. The third kappa shape index (κ3) is 4.64. The lowest BCUT2D eigenvalue weighted by molar-refractivity contribution is -0.126. The first-order valence-corrected chi connectivity index (χ1v) is 9.29. The molecule has 0 radical (unpaired) electrons. The molecule has 2 aromatic carbocycles. The molecule has 0 unspecified atom stereocenters. The number of rotatable bonds is 4. The average molecular weight is 371 g/mol. The lowest BCUT2D eigenvalue weighted by Crippen LogP contribution is -2.45. The zero-order chi connectivity index (χ0) is 18.5. The first-order chi connectivity index (χ1) is 12.5. The Morgan fingerprint density at radius 3 is 2.69 bits per heavy atom. The van der Waals surface area contributed by atoms with E-state index in [0.29, 0.717) is 30.2 Å². The number of aryl methyl sites for hydroxylation is 1. The maximum Gasteiger partial charge on any atom is 0.253 e. The van der Waals surface area contributed by atoms with Crippen molar-refractivity contribution >= 4 is 23.4 Å². The number of amides is 2. The Kier molecular flexibility index (Phi) is 5.94. The molecule has 0 aromatic heterocycles. The van der Waals surface area contributed by atoms with Crippen molar-refractivity contribution in [2.24, 2.45) is 5.92 Å². The molecule has 4 nitrogen and oxygen atoms in total. The van der Waals surface area contributed by atoms with E-state index in [0.717, 1.165) is 24.0 Å². The van der Waals surface area contributed by atoms with Crippen LogP contribution in [0.25, 0.3) is 0 Å². The summed E-state index contributed by atoms with van der Waals surface area (Å²) < 4.78 is 0.